The van der Waals surface area contributed by atoms with Crippen molar-refractivity contribution in [3.63, 3.8) is 0 Å². The number of rotatable bonds is 4. The summed E-state index contributed by atoms with van der Waals surface area (Å²) in [5.41, 5.74) is 1.55. The number of hydrogen-bond acceptors (Lipinski definition) is 4. The van der Waals surface area contributed by atoms with Gasteiger partial charge in [0.2, 0.25) is 0 Å². The second-order valence-electron chi connectivity index (χ2n) is 6.01. The summed E-state index contributed by atoms with van der Waals surface area (Å²) in [5.74, 6) is 0.413. The molecule has 20 heavy (non-hydrogen) atoms. The van der Waals surface area contributed by atoms with Gasteiger partial charge in [-0.05, 0) is 51.7 Å². The molecule has 1 unspecified atom stereocenters. The van der Waals surface area contributed by atoms with Crippen molar-refractivity contribution in [2.24, 2.45) is 0 Å². The summed E-state index contributed by atoms with van der Waals surface area (Å²) >= 11 is 0. The molecule has 0 spiro atoms. The van der Waals surface area contributed by atoms with Crippen LogP contribution in [0.5, 0.6) is 11.5 Å². The monoisotopic (exact) mass is 278 g/mol. The lowest BCUT2D eigenvalue weighted by molar-refractivity contribution is -0.0510. The van der Waals surface area contributed by atoms with Crippen LogP contribution in [0.1, 0.15) is 37.8 Å². The molecule has 0 amide bonds. The van der Waals surface area contributed by atoms with E-state index < -0.39 is 11.7 Å². The second-order valence-corrected chi connectivity index (χ2v) is 6.01. The Balaban J connectivity index is 2.05. The number of aliphatic hydroxyl groups is 2. The van der Waals surface area contributed by atoms with Crippen LogP contribution < -0.4 is 0 Å². The predicted octanol–water partition coefficient (Wildman–Crippen LogP) is 2.03. The lowest BCUT2D eigenvalue weighted by Gasteiger charge is -2.26. The Morgan fingerprint density at radius 1 is 1.15 bits per heavy atom. The maximum atomic E-state index is 9.88. The zero-order chi connectivity index (χ0) is 14.9. The molecule has 4 heteroatoms. The molecule has 0 saturated carbocycles. The lowest BCUT2D eigenvalue weighted by Crippen LogP contribution is -2.35. The van der Waals surface area contributed by atoms with Gasteiger partial charge in [0.1, 0.15) is 11.5 Å². The molecular formula is C16H22O4. The topological polar surface area (TPSA) is 80.9 Å². The number of phenolic OH excluding ortho intramolecular Hbond substituents is 2. The summed E-state index contributed by atoms with van der Waals surface area (Å²) < 4.78 is 0. The zero-order valence-corrected chi connectivity index (χ0v) is 11.9. The van der Waals surface area contributed by atoms with Gasteiger partial charge in [-0.25, -0.2) is 0 Å². The molecule has 4 N–H and O–H groups in total. The van der Waals surface area contributed by atoms with Gasteiger partial charge in [-0.1, -0.05) is 11.6 Å². The summed E-state index contributed by atoms with van der Waals surface area (Å²) in [6, 6.07) is 3.01. The first-order chi connectivity index (χ1) is 9.29. The quantitative estimate of drug-likeness (QED) is 0.502. The van der Waals surface area contributed by atoms with Crippen LogP contribution >= 0.6 is 0 Å². The third-order valence-corrected chi connectivity index (χ3v) is 3.93. The molecule has 0 fully saturated rings. The fraction of sp³-hybridized carbons (Fsp3) is 0.500. The van der Waals surface area contributed by atoms with Crippen molar-refractivity contribution in [1.29, 1.82) is 0 Å². The fourth-order valence-corrected chi connectivity index (χ4v) is 2.50. The summed E-state index contributed by atoms with van der Waals surface area (Å²) in [4.78, 5) is 0. The first kappa shape index (κ1) is 14.9. The van der Waals surface area contributed by atoms with E-state index in [9.17, 15) is 20.4 Å². The molecule has 1 aliphatic rings. The minimum Gasteiger partial charge on any atom is -0.508 e. The third-order valence-electron chi connectivity index (χ3n) is 3.93. The SMILES string of the molecule is CC(C)(O)C(O)CCC1=CCc2c(O)ccc(O)c2C1. The first-order valence-electron chi connectivity index (χ1n) is 6.90. The molecule has 0 bridgehead atoms. The van der Waals surface area contributed by atoms with Crippen LogP contribution in [0.4, 0.5) is 0 Å². The summed E-state index contributed by atoms with van der Waals surface area (Å²) in [5, 5.41) is 39.2. The normalized spacial score (nSPS) is 16.5. The smallest absolute Gasteiger partial charge is 0.119 e. The fourth-order valence-electron chi connectivity index (χ4n) is 2.50. The molecular weight excluding hydrogens is 256 g/mol. The largest absolute Gasteiger partial charge is 0.508 e. The molecule has 1 aromatic rings. The Morgan fingerprint density at radius 3 is 2.35 bits per heavy atom. The molecule has 110 valence electrons. The van der Waals surface area contributed by atoms with Gasteiger partial charge in [0.05, 0.1) is 11.7 Å². The van der Waals surface area contributed by atoms with Gasteiger partial charge in [0.25, 0.3) is 0 Å². The van der Waals surface area contributed by atoms with Crippen LogP contribution in [0.15, 0.2) is 23.8 Å². The van der Waals surface area contributed by atoms with Gasteiger partial charge in [-0.15, -0.1) is 0 Å². The molecule has 4 nitrogen and oxygen atoms in total. The molecule has 1 aliphatic carbocycles. The van der Waals surface area contributed by atoms with E-state index in [1.54, 1.807) is 13.8 Å². The second kappa shape index (κ2) is 5.46. The highest BCUT2D eigenvalue weighted by Crippen LogP contribution is 2.35. The number of aromatic hydroxyl groups is 2. The average Bonchev–Trinajstić information content (AvgIpc) is 2.39. The van der Waals surface area contributed by atoms with Crippen molar-refractivity contribution in [3.05, 3.63) is 34.9 Å². The molecule has 2 rings (SSSR count). The van der Waals surface area contributed by atoms with E-state index >= 15 is 0 Å². The van der Waals surface area contributed by atoms with Crippen molar-refractivity contribution in [3.8, 4) is 11.5 Å². The number of allylic oxidation sites excluding steroid dienone is 2. The summed E-state index contributed by atoms with van der Waals surface area (Å²) in [7, 11) is 0. The molecule has 0 radical (unpaired) electrons. The van der Waals surface area contributed by atoms with E-state index in [0.29, 0.717) is 25.7 Å². The third kappa shape index (κ3) is 3.14. The molecule has 0 saturated heterocycles. The Morgan fingerprint density at radius 2 is 1.75 bits per heavy atom. The highest BCUT2D eigenvalue weighted by molar-refractivity contribution is 5.52. The van der Waals surface area contributed by atoms with Gasteiger partial charge in [0.15, 0.2) is 0 Å². The van der Waals surface area contributed by atoms with Gasteiger partial charge in [-0.2, -0.15) is 0 Å². The molecule has 0 heterocycles. The lowest BCUT2D eigenvalue weighted by atomic mass is 9.86. The Hall–Kier alpha value is -1.52. The molecule has 0 aliphatic heterocycles. The summed E-state index contributed by atoms with van der Waals surface area (Å²) in [6.07, 6.45) is 3.56. The van der Waals surface area contributed by atoms with Crippen LogP contribution in [0.25, 0.3) is 0 Å². The Bertz CT molecular complexity index is 526. The molecule has 1 aromatic carbocycles. The van der Waals surface area contributed by atoms with Crippen LogP contribution in [-0.4, -0.2) is 32.1 Å². The number of fused-ring (bicyclic) bond motifs is 1. The van der Waals surface area contributed by atoms with Crippen molar-refractivity contribution >= 4 is 0 Å². The minimum atomic E-state index is -1.10. The van der Waals surface area contributed by atoms with Gasteiger partial charge in [0, 0.05) is 11.1 Å². The van der Waals surface area contributed by atoms with Gasteiger partial charge < -0.3 is 20.4 Å². The number of aliphatic hydroxyl groups excluding tert-OH is 1. The average molecular weight is 278 g/mol. The van der Waals surface area contributed by atoms with E-state index in [2.05, 4.69) is 0 Å². The van der Waals surface area contributed by atoms with Crippen molar-refractivity contribution in [2.75, 3.05) is 0 Å². The van der Waals surface area contributed by atoms with Crippen LogP contribution in [0.3, 0.4) is 0 Å². The predicted molar refractivity (Wildman–Crippen MR) is 76.8 cm³/mol. The van der Waals surface area contributed by atoms with Crippen molar-refractivity contribution in [2.45, 2.75) is 51.2 Å². The maximum Gasteiger partial charge on any atom is 0.119 e. The van der Waals surface area contributed by atoms with Crippen molar-refractivity contribution in [1.82, 2.24) is 0 Å². The summed E-state index contributed by atoms with van der Waals surface area (Å²) in [6.45, 7) is 3.18. The standard InChI is InChI=1S/C16H22O4/c1-16(2,20)15(19)8-4-10-3-5-11-12(9-10)14(18)7-6-13(11)17/h3,6-7,15,17-20H,4-5,8-9H2,1-2H3. The Kier molecular flexibility index (Phi) is 4.06. The van der Waals surface area contributed by atoms with Crippen LogP contribution in [0, 0.1) is 0 Å². The molecule has 0 aromatic heterocycles. The highest BCUT2D eigenvalue weighted by Gasteiger charge is 2.25. The molecule has 1 atom stereocenters. The first-order valence-corrected chi connectivity index (χ1v) is 6.90. The van der Waals surface area contributed by atoms with Gasteiger partial charge >= 0.3 is 0 Å². The van der Waals surface area contributed by atoms with Crippen LogP contribution in [0.2, 0.25) is 0 Å². The highest BCUT2D eigenvalue weighted by atomic mass is 16.3. The maximum absolute atomic E-state index is 9.88. The van der Waals surface area contributed by atoms with Crippen LogP contribution in [-0.2, 0) is 12.8 Å². The minimum absolute atomic E-state index is 0.200. The number of hydrogen-bond donors (Lipinski definition) is 4. The van der Waals surface area contributed by atoms with E-state index in [1.807, 2.05) is 6.08 Å². The van der Waals surface area contributed by atoms with E-state index in [4.69, 9.17) is 0 Å². The van der Waals surface area contributed by atoms with Gasteiger partial charge in [-0.3, -0.25) is 0 Å². The number of benzene rings is 1. The zero-order valence-electron chi connectivity index (χ0n) is 11.9. The van der Waals surface area contributed by atoms with E-state index in [-0.39, 0.29) is 11.5 Å². The van der Waals surface area contributed by atoms with Crippen molar-refractivity contribution < 1.29 is 20.4 Å². The van der Waals surface area contributed by atoms with E-state index in [0.717, 1.165) is 16.7 Å². The Labute approximate surface area is 119 Å². The van der Waals surface area contributed by atoms with E-state index in [1.165, 1.54) is 12.1 Å². The number of phenols is 2.